The molecule has 0 N–H and O–H groups in total. The molecule has 0 aliphatic heterocycles. The van der Waals surface area contributed by atoms with E-state index in [0.717, 1.165) is 0 Å². The van der Waals surface area contributed by atoms with E-state index in [4.69, 9.17) is 0 Å². The molecule has 1 radical (unpaired) electrons. The van der Waals surface area contributed by atoms with Crippen LogP contribution in [0.1, 0.15) is 0 Å². The van der Waals surface area contributed by atoms with Crippen molar-refractivity contribution in [3.05, 3.63) is 0 Å². The van der Waals surface area contributed by atoms with Gasteiger partial charge in [-0.25, -0.2) is 0 Å². The monoisotopic (exact) mass is 317 g/mol. The van der Waals surface area contributed by atoms with Crippen LogP contribution < -0.4 is 37.2 Å². The molecule has 0 amide bonds. The van der Waals surface area contributed by atoms with Gasteiger partial charge in [-0.2, -0.15) is 0 Å². The summed E-state index contributed by atoms with van der Waals surface area (Å²) in [5.74, 6) is 0. The van der Waals surface area contributed by atoms with Crippen molar-refractivity contribution in [2.45, 2.75) is 0 Å². The molecular formula is H2CeCl5. The Hall–Kier alpha value is 2.83. The van der Waals surface area contributed by atoms with Crippen molar-refractivity contribution >= 4 is 24.8 Å². The van der Waals surface area contributed by atoms with Crippen LogP contribution in [-0.2, 0) is 0 Å². The van der Waals surface area contributed by atoms with E-state index in [1.54, 1.807) is 0 Å². The van der Waals surface area contributed by atoms with E-state index < -0.39 is 0 Å². The first-order valence-electron chi connectivity index (χ1n) is 0. The van der Waals surface area contributed by atoms with E-state index in [0.29, 0.717) is 0 Å². The predicted octanol–water partition coefficient (Wildman–Crippen LogP) is -8.14. The molecule has 0 saturated carbocycles. The maximum atomic E-state index is 0. The van der Waals surface area contributed by atoms with E-state index in [1.165, 1.54) is 0 Å². The third-order valence-corrected chi connectivity index (χ3v) is 0. The van der Waals surface area contributed by atoms with Gasteiger partial charge in [0.2, 0.25) is 0 Å². The van der Waals surface area contributed by atoms with Crippen molar-refractivity contribution in [3.63, 3.8) is 0 Å². The zero-order valence-electron chi connectivity index (χ0n) is 2.45. The number of rotatable bonds is 0. The fourth-order valence-corrected chi connectivity index (χ4v) is 0. The summed E-state index contributed by atoms with van der Waals surface area (Å²) >= 11 is 0. The first kappa shape index (κ1) is 67.7. The van der Waals surface area contributed by atoms with Crippen molar-refractivity contribution in [1.29, 1.82) is 0 Å². The van der Waals surface area contributed by atoms with Gasteiger partial charge in [-0.1, -0.05) is 0 Å². The molecule has 0 bridgehead atoms. The van der Waals surface area contributed by atoms with Gasteiger partial charge in [0.05, 0.1) is 0 Å². The fourth-order valence-electron chi connectivity index (χ4n) is 0. The molecule has 0 aliphatic carbocycles. The summed E-state index contributed by atoms with van der Waals surface area (Å²) < 4.78 is 0. The molecule has 0 aliphatic rings. The Balaban J connectivity index is 0. The van der Waals surface area contributed by atoms with Gasteiger partial charge in [-0.3, -0.25) is 0 Å². The average Bonchev–Trinajstić information content (AvgIpc) is 0. The predicted molar refractivity (Wildman–Crippen MR) is 14.5 cm³/mol. The Kier molecular flexibility index (Phi) is 515. The Bertz CT molecular complexity index is 3.90. The molecule has 41 valence electrons. The second-order valence-corrected chi connectivity index (χ2v) is 0. The van der Waals surface area contributed by atoms with Crippen LogP contribution in [0.5, 0.6) is 0 Å². The standard InChI is InChI=1S/Ce.5ClH/h;5*1H/q+3;;;;;/p-3. The van der Waals surface area contributed by atoms with E-state index in [-0.39, 0.29) is 104 Å². The van der Waals surface area contributed by atoms with Crippen molar-refractivity contribution in [2.24, 2.45) is 0 Å². The van der Waals surface area contributed by atoms with Crippen LogP contribution in [0.15, 0.2) is 0 Å². The Morgan fingerprint density at radius 3 is 0.500 bits per heavy atom. The van der Waals surface area contributed by atoms with Gasteiger partial charge in [-0.05, 0) is 0 Å². The van der Waals surface area contributed by atoms with Gasteiger partial charge >= 0.3 is 41.7 Å². The first-order chi connectivity index (χ1) is 0. The maximum Gasteiger partial charge on any atom is 3.00 e. The quantitative estimate of drug-likeness (QED) is 0.416. The summed E-state index contributed by atoms with van der Waals surface area (Å²) in [4.78, 5) is 0. The first-order valence-corrected chi connectivity index (χ1v) is 0. The zero-order valence-corrected chi connectivity index (χ0v) is 9.49. The Morgan fingerprint density at radius 1 is 0.500 bits per heavy atom. The minimum absolute atomic E-state index is 0. The molecule has 0 heterocycles. The average molecular weight is 319 g/mol. The molecule has 6 heavy (non-hydrogen) atoms. The molecule has 0 unspecified atom stereocenters. The van der Waals surface area contributed by atoms with Crippen LogP contribution in [0.2, 0.25) is 0 Å². The van der Waals surface area contributed by atoms with Gasteiger partial charge in [0.15, 0.2) is 0 Å². The van der Waals surface area contributed by atoms with Crippen LogP contribution >= 0.6 is 24.8 Å². The fraction of sp³-hybridized carbons (Fsp3) is 0. The maximum absolute atomic E-state index is 0. The number of hydrogen-bond acceptors (Lipinski definition) is 0. The van der Waals surface area contributed by atoms with Gasteiger partial charge < -0.3 is 37.2 Å². The topological polar surface area (TPSA) is 0 Å². The summed E-state index contributed by atoms with van der Waals surface area (Å²) in [6, 6.07) is 0. The zero-order chi connectivity index (χ0) is 0. The van der Waals surface area contributed by atoms with Crippen molar-refractivity contribution in [3.8, 4) is 0 Å². The summed E-state index contributed by atoms with van der Waals surface area (Å²) in [7, 11) is 0. The number of hydrogen-bond donors (Lipinski definition) is 0. The van der Waals surface area contributed by atoms with Gasteiger partial charge in [0.25, 0.3) is 0 Å². The van der Waals surface area contributed by atoms with Crippen LogP contribution in [0.3, 0.4) is 0 Å². The summed E-state index contributed by atoms with van der Waals surface area (Å²) in [5, 5.41) is 0. The SMILES string of the molecule is Cl.Cl.[Ce+3].[Cl-].[Cl-].[Cl-]. The molecule has 0 rings (SSSR count). The van der Waals surface area contributed by atoms with Crippen LogP contribution in [0, 0.1) is 41.7 Å². The van der Waals surface area contributed by atoms with Gasteiger partial charge in [0.1, 0.15) is 0 Å². The minimum atomic E-state index is 0. The van der Waals surface area contributed by atoms with Crippen LogP contribution in [-0.4, -0.2) is 0 Å². The summed E-state index contributed by atoms with van der Waals surface area (Å²) in [6.07, 6.45) is 0. The van der Waals surface area contributed by atoms with Crippen molar-refractivity contribution in [1.82, 2.24) is 0 Å². The van der Waals surface area contributed by atoms with Gasteiger partial charge in [-0.15, -0.1) is 24.8 Å². The molecule has 0 aromatic rings. The Morgan fingerprint density at radius 2 is 0.500 bits per heavy atom. The molecule has 0 aromatic heterocycles. The second-order valence-electron chi connectivity index (χ2n) is 0. The smallest absolute Gasteiger partial charge is 1.00 e. The van der Waals surface area contributed by atoms with Crippen molar-refractivity contribution < 1.29 is 79.0 Å². The van der Waals surface area contributed by atoms with Gasteiger partial charge in [0, 0.05) is 0 Å². The molecule has 0 aromatic carbocycles. The third kappa shape index (κ3) is 29.0. The molecular weight excluding hydrogens is 317 g/mol. The second kappa shape index (κ2) is 45.7. The van der Waals surface area contributed by atoms with Crippen LogP contribution in [0.4, 0.5) is 0 Å². The minimum Gasteiger partial charge on any atom is -1.00 e. The summed E-state index contributed by atoms with van der Waals surface area (Å²) in [6.45, 7) is 0. The molecule has 0 atom stereocenters. The van der Waals surface area contributed by atoms with E-state index in [1.807, 2.05) is 0 Å². The van der Waals surface area contributed by atoms with E-state index in [2.05, 4.69) is 0 Å². The largest absolute Gasteiger partial charge is 3.00 e. The summed E-state index contributed by atoms with van der Waals surface area (Å²) in [5.41, 5.74) is 0. The molecule has 0 spiro atoms. The van der Waals surface area contributed by atoms with E-state index in [9.17, 15) is 0 Å². The molecule has 0 nitrogen and oxygen atoms in total. The molecule has 6 heteroatoms. The normalized spacial score (nSPS) is 0. The Labute approximate surface area is 102 Å². The van der Waals surface area contributed by atoms with Crippen LogP contribution in [0.25, 0.3) is 0 Å². The molecule has 0 fully saturated rings. The molecule has 0 saturated heterocycles. The van der Waals surface area contributed by atoms with Crippen molar-refractivity contribution in [2.75, 3.05) is 0 Å². The van der Waals surface area contributed by atoms with E-state index >= 15 is 0 Å². The third-order valence-electron chi connectivity index (χ3n) is 0. The number of halogens is 5.